The molecule has 16 heavy (non-hydrogen) atoms. The highest BCUT2D eigenvalue weighted by molar-refractivity contribution is 5.18. The molecule has 0 aliphatic carbocycles. The van der Waals surface area contributed by atoms with Crippen LogP contribution in [-0.4, -0.2) is 23.2 Å². The number of rotatable bonds is 8. The van der Waals surface area contributed by atoms with Gasteiger partial charge in [0.15, 0.2) is 0 Å². The number of ether oxygens (including phenoxy) is 2. The first-order valence-electron chi connectivity index (χ1n) is 5.94. The van der Waals surface area contributed by atoms with Gasteiger partial charge in [0.05, 0.1) is 19.3 Å². The number of nitrogens with zero attached hydrogens (tertiary/aromatic N) is 2. The lowest BCUT2D eigenvalue weighted by Crippen LogP contribution is -2.02. The quantitative estimate of drug-likeness (QED) is 0.637. The Morgan fingerprint density at radius 3 is 1.88 bits per heavy atom. The molecule has 0 atom stereocenters. The second kappa shape index (κ2) is 7.91. The second-order valence-corrected chi connectivity index (χ2v) is 3.60. The summed E-state index contributed by atoms with van der Waals surface area (Å²) in [5.41, 5.74) is 0. The van der Waals surface area contributed by atoms with Gasteiger partial charge < -0.3 is 9.47 Å². The Morgan fingerprint density at radius 2 is 1.44 bits per heavy atom. The maximum atomic E-state index is 5.46. The van der Waals surface area contributed by atoms with E-state index >= 15 is 0 Å². The van der Waals surface area contributed by atoms with E-state index in [9.17, 15) is 0 Å². The summed E-state index contributed by atoms with van der Waals surface area (Å²) in [6.45, 7) is 5.65. The van der Waals surface area contributed by atoms with Crippen LogP contribution in [0, 0.1) is 0 Å². The molecule has 0 radical (unpaired) electrons. The lowest BCUT2D eigenvalue weighted by Gasteiger charge is -2.06. The minimum Gasteiger partial charge on any atom is -0.477 e. The molecule has 0 saturated heterocycles. The van der Waals surface area contributed by atoms with Gasteiger partial charge in [-0.25, -0.2) is 9.97 Å². The van der Waals surface area contributed by atoms with Crippen molar-refractivity contribution in [3.05, 3.63) is 12.4 Å². The summed E-state index contributed by atoms with van der Waals surface area (Å²) in [5, 5.41) is 0. The van der Waals surface area contributed by atoms with Gasteiger partial charge in [-0.1, -0.05) is 26.7 Å². The Labute approximate surface area is 97.0 Å². The summed E-state index contributed by atoms with van der Waals surface area (Å²) < 4.78 is 10.9. The summed E-state index contributed by atoms with van der Waals surface area (Å²) in [4.78, 5) is 8.05. The first kappa shape index (κ1) is 12.7. The largest absolute Gasteiger partial charge is 0.477 e. The molecule has 1 aromatic rings. The third-order valence-electron chi connectivity index (χ3n) is 2.11. The van der Waals surface area contributed by atoms with Crippen molar-refractivity contribution in [2.45, 2.75) is 39.5 Å². The van der Waals surface area contributed by atoms with Crippen molar-refractivity contribution in [3.63, 3.8) is 0 Å². The molecule has 1 rings (SSSR count). The smallest absolute Gasteiger partial charge is 0.220 e. The Kier molecular flexibility index (Phi) is 6.30. The average Bonchev–Trinajstić information content (AvgIpc) is 2.30. The van der Waals surface area contributed by atoms with Gasteiger partial charge in [-0.3, -0.25) is 0 Å². The van der Waals surface area contributed by atoms with Crippen LogP contribution in [-0.2, 0) is 0 Å². The van der Waals surface area contributed by atoms with Crippen molar-refractivity contribution in [1.82, 2.24) is 9.97 Å². The van der Waals surface area contributed by atoms with E-state index in [-0.39, 0.29) is 0 Å². The molecule has 0 aliphatic rings. The molecule has 0 unspecified atom stereocenters. The minimum absolute atomic E-state index is 0.593. The van der Waals surface area contributed by atoms with E-state index in [1.54, 1.807) is 6.07 Å². The molecule has 1 aromatic heterocycles. The first-order chi connectivity index (χ1) is 7.86. The predicted octanol–water partition coefficient (Wildman–Crippen LogP) is 2.83. The van der Waals surface area contributed by atoms with Crippen LogP contribution in [0.2, 0.25) is 0 Å². The van der Waals surface area contributed by atoms with Crippen LogP contribution in [0.3, 0.4) is 0 Å². The van der Waals surface area contributed by atoms with E-state index in [1.807, 2.05) is 0 Å². The van der Waals surface area contributed by atoms with Crippen LogP contribution in [0.5, 0.6) is 11.8 Å². The third kappa shape index (κ3) is 4.96. The average molecular weight is 224 g/mol. The van der Waals surface area contributed by atoms with Gasteiger partial charge in [0.1, 0.15) is 6.33 Å². The second-order valence-electron chi connectivity index (χ2n) is 3.60. The standard InChI is InChI=1S/C12H20N2O2/c1-3-5-7-15-11-9-12(14-10-13-11)16-8-6-4-2/h9-10H,3-8H2,1-2H3. The van der Waals surface area contributed by atoms with Crippen LogP contribution in [0.4, 0.5) is 0 Å². The maximum Gasteiger partial charge on any atom is 0.220 e. The van der Waals surface area contributed by atoms with Gasteiger partial charge in [-0.2, -0.15) is 0 Å². The van der Waals surface area contributed by atoms with Gasteiger partial charge in [-0.15, -0.1) is 0 Å². The van der Waals surface area contributed by atoms with Crippen LogP contribution in [0.15, 0.2) is 12.4 Å². The normalized spacial score (nSPS) is 10.1. The van der Waals surface area contributed by atoms with Crippen molar-refractivity contribution in [1.29, 1.82) is 0 Å². The summed E-state index contributed by atoms with van der Waals surface area (Å²) in [5.74, 6) is 1.19. The molecule has 0 spiro atoms. The molecule has 0 aromatic carbocycles. The van der Waals surface area contributed by atoms with Gasteiger partial charge in [0.25, 0.3) is 0 Å². The van der Waals surface area contributed by atoms with Crippen molar-refractivity contribution < 1.29 is 9.47 Å². The van der Waals surface area contributed by atoms with E-state index in [2.05, 4.69) is 23.8 Å². The van der Waals surface area contributed by atoms with E-state index in [4.69, 9.17) is 9.47 Å². The predicted molar refractivity (Wildman–Crippen MR) is 62.8 cm³/mol. The van der Waals surface area contributed by atoms with E-state index in [1.165, 1.54) is 6.33 Å². The van der Waals surface area contributed by atoms with Crippen LogP contribution < -0.4 is 9.47 Å². The number of aromatic nitrogens is 2. The highest BCUT2D eigenvalue weighted by Gasteiger charge is 2.00. The molecule has 4 heteroatoms. The Morgan fingerprint density at radius 1 is 0.938 bits per heavy atom. The summed E-state index contributed by atoms with van der Waals surface area (Å²) in [6.07, 6.45) is 5.78. The Balaban J connectivity index is 2.37. The molecule has 4 nitrogen and oxygen atoms in total. The number of hydrogen-bond acceptors (Lipinski definition) is 4. The fourth-order valence-corrected chi connectivity index (χ4v) is 1.12. The van der Waals surface area contributed by atoms with Crippen molar-refractivity contribution in [2.24, 2.45) is 0 Å². The first-order valence-corrected chi connectivity index (χ1v) is 5.94. The SMILES string of the molecule is CCCCOc1cc(OCCCC)ncn1. The fraction of sp³-hybridized carbons (Fsp3) is 0.667. The molecule has 0 bridgehead atoms. The molecule has 0 aliphatic heterocycles. The van der Waals surface area contributed by atoms with E-state index in [0.29, 0.717) is 25.0 Å². The molecule has 0 saturated carbocycles. The zero-order valence-corrected chi connectivity index (χ0v) is 10.1. The van der Waals surface area contributed by atoms with Crippen molar-refractivity contribution in [2.75, 3.05) is 13.2 Å². The van der Waals surface area contributed by atoms with E-state index < -0.39 is 0 Å². The Bertz CT molecular complexity index is 267. The third-order valence-corrected chi connectivity index (χ3v) is 2.11. The molecule has 0 N–H and O–H groups in total. The highest BCUT2D eigenvalue weighted by atomic mass is 16.5. The van der Waals surface area contributed by atoms with Crippen molar-refractivity contribution >= 4 is 0 Å². The molecular formula is C12H20N2O2. The van der Waals surface area contributed by atoms with Crippen LogP contribution in [0.25, 0.3) is 0 Å². The summed E-state index contributed by atoms with van der Waals surface area (Å²) in [7, 11) is 0. The molecule has 1 heterocycles. The maximum absolute atomic E-state index is 5.46. The van der Waals surface area contributed by atoms with E-state index in [0.717, 1.165) is 25.7 Å². The lowest BCUT2D eigenvalue weighted by molar-refractivity contribution is 0.278. The topological polar surface area (TPSA) is 44.2 Å². The van der Waals surface area contributed by atoms with Crippen LogP contribution in [0.1, 0.15) is 39.5 Å². The van der Waals surface area contributed by atoms with Gasteiger partial charge in [0.2, 0.25) is 11.8 Å². The molecule has 0 amide bonds. The fourth-order valence-electron chi connectivity index (χ4n) is 1.12. The summed E-state index contributed by atoms with van der Waals surface area (Å²) in [6, 6.07) is 1.74. The Hall–Kier alpha value is -1.32. The highest BCUT2D eigenvalue weighted by Crippen LogP contribution is 2.13. The zero-order chi connectivity index (χ0) is 11.6. The number of unbranched alkanes of at least 4 members (excludes halogenated alkanes) is 2. The van der Waals surface area contributed by atoms with Gasteiger partial charge >= 0.3 is 0 Å². The lowest BCUT2D eigenvalue weighted by atomic mass is 10.4. The van der Waals surface area contributed by atoms with Gasteiger partial charge in [0, 0.05) is 0 Å². The monoisotopic (exact) mass is 224 g/mol. The number of hydrogen-bond donors (Lipinski definition) is 0. The van der Waals surface area contributed by atoms with Crippen molar-refractivity contribution in [3.8, 4) is 11.8 Å². The minimum atomic E-state index is 0.593. The summed E-state index contributed by atoms with van der Waals surface area (Å²) >= 11 is 0. The van der Waals surface area contributed by atoms with Crippen LogP contribution >= 0.6 is 0 Å². The van der Waals surface area contributed by atoms with Gasteiger partial charge in [-0.05, 0) is 12.8 Å². The molecular weight excluding hydrogens is 204 g/mol. The molecule has 90 valence electrons. The zero-order valence-electron chi connectivity index (χ0n) is 10.1. The molecule has 0 fully saturated rings.